The molecule has 0 N–H and O–H groups in total. The number of esters is 1. The zero-order chi connectivity index (χ0) is 14.5. The Morgan fingerprint density at radius 1 is 1.55 bits per heavy atom. The van der Waals surface area contributed by atoms with Gasteiger partial charge >= 0.3 is 5.97 Å². The number of imidazole rings is 1. The van der Waals surface area contributed by atoms with E-state index in [1.165, 1.54) is 6.20 Å². The number of aryl methyl sites for hydroxylation is 1. The van der Waals surface area contributed by atoms with E-state index in [0.29, 0.717) is 32.1 Å². The summed E-state index contributed by atoms with van der Waals surface area (Å²) in [6.45, 7) is 3.38. The SMILES string of the molecule is CCOC(=O)C[C@@H]1COCCN1C(=O)c1cncn1C. The van der Waals surface area contributed by atoms with Crippen molar-refractivity contribution in [1.82, 2.24) is 14.5 Å². The van der Waals surface area contributed by atoms with E-state index in [1.54, 1.807) is 29.8 Å². The lowest BCUT2D eigenvalue weighted by Gasteiger charge is -2.35. The highest BCUT2D eigenvalue weighted by molar-refractivity contribution is 5.93. The quantitative estimate of drug-likeness (QED) is 0.738. The topological polar surface area (TPSA) is 73.7 Å². The second-order valence-electron chi connectivity index (χ2n) is 4.63. The van der Waals surface area contributed by atoms with Crippen LogP contribution in [-0.4, -0.2) is 58.7 Å². The first-order valence-electron chi connectivity index (χ1n) is 6.64. The third-order valence-electron chi connectivity index (χ3n) is 3.23. The molecule has 1 fully saturated rings. The Morgan fingerprint density at radius 3 is 3.00 bits per heavy atom. The number of morpholine rings is 1. The Hall–Kier alpha value is -1.89. The summed E-state index contributed by atoms with van der Waals surface area (Å²) >= 11 is 0. The number of amides is 1. The van der Waals surface area contributed by atoms with Crippen molar-refractivity contribution in [1.29, 1.82) is 0 Å². The second-order valence-corrected chi connectivity index (χ2v) is 4.63. The van der Waals surface area contributed by atoms with Gasteiger partial charge in [-0.1, -0.05) is 0 Å². The monoisotopic (exact) mass is 281 g/mol. The van der Waals surface area contributed by atoms with Crippen molar-refractivity contribution in [3.63, 3.8) is 0 Å². The number of carbonyl (C=O) groups is 2. The van der Waals surface area contributed by atoms with E-state index in [9.17, 15) is 9.59 Å². The van der Waals surface area contributed by atoms with E-state index in [0.717, 1.165) is 0 Å². The van der Waals surface area contributed by atoms with E-state index in [4.69, 9.17) is 9.47 Å². The number of ether oxygens (including phenoxy) is 2. The summed E-state index contributed by atoms with van der Waals surface area (Å²) in [6, 6.07) is -0.287. The van der Waals surface area contributed by atoms with Crippen molar-refractivity contribution in [2.75, 3.05) is 26.4 Å². The zero-order valence-corrected chi connectivity index (χ0v) is 11.7. The minimum Gasteiger partial charge on any atom is -0.466 e. The van der Waals surface area contributed by atoms with Gasteiger partial charge in [-0.2, -0.15) is 0 Å². The van der Waals surface area contributed by atoms with Crippen LogP contribution in [0.25, 0.3) is 0 Å². The van der Waals surface area contributed by atoms with Crippen LogP contribution in [0.2, 0.25) is 0 Å². The molecule has 0 unspecified atom stereocenters. The molecule has 20 heavy (non-hydrogen) atoms. The van der Waals surface area contributed by atoms with Crippen LogP contribution in [0.4, 0.5) is 0 Å². The minimum atomic E-state index is -0.314. The molecule has 110 valence electrons. The normalized spacial score (nSPS) is 18.9. The molecule has 1 saturated heterocycles. The number of nitrogens with zero attached hydrogens (tertiary/aromatic N) is 3. The molecular weight excluding hydrogens is 262 g/mol. The third-order valence-corrected chi connectivity index (χ3v) is 3.23. The van der Waals surface area contributed by atoms with Crippen LogP contribution >= 0.6 is 0 Å². The summed E-state index contributed by atoms with van der Waals surface area (Å²) in [7, 11) is 1.76. The Kier molecular flexibility index (Phi) is 4.73. The molecule has 7 heteroatoms. The average molecular weight is 281 g/mol. The van der Waals surface area contributed by atoms with Crippen molar-refractivity contribution >= 4 is 11.9 Å². The maximum Gasteiger partial charge on any atom is 0.307 e. The minimum absolute atomic E-state index is 0.136. The lowest BCUT2D eigenvalue weighted by atomic mass is 10.1. The highest BCUT2D eigenvalue weighted by Gasteiger charge is 2.31. The number of rotatable bonds is 4. The summed E-state index contributed by atoms with van der Waals surface area (Å²) in [4.78, 5) is 29.7. The Morgan fingerprint density at radius 2 is 2.35 bits per heavy atom. The molecule has 2 rings (SSSR count). The maximum absolute atomic E-state index is 12.5. The van der Waals surface area contributed by atoms with Gasteiger partial charge in [0, 0.05) is 13.6 Å². The van der Waals surface area contributed by atoms with Crippen molar-refractivity contribution < 1.29 is 19.1 Å². The molecule has 1 aliphatic heterocycles. The first-order valence-corrected chi connectivity index (χ1v) is 6.64. The number of aromatic nitrogens is 2. The van der Waals surface area contributed by atoms with E-state index < -0.39 is 0 Å². The van der Waals surface area contributed by atoms with Gasteiger partial charge in [-0.3, -0.25) is 9.59 Å². The Balaban J connectivity index is 2.08. The summed E-state index contributed by atoms with van der Waals surface area (Å²) in [5.41, 5.74) is 0.501. The molecule has 1 amide bonds. The van der Waals surface area contributed by atoms with Crippen LogP contribution in [0.1, 0.15) is 23.8 Å². The molecule has 2 heterocycles. The maximum atomic E-state index is 12.5. The van der Waals surface area contributed by atoms with E-state index in [1.807, 2.05) is 0 Å². The van der Waals surface area contributed by atoms with E-state index in [-0.39, 0.29) is 24.3 Å². The predicted molar refractivity (Wildman–Crippen MR) is 70.1 cm³/mol. The van der Waals surface area contributed by atoms with Crippen LogP contribution in [0.5, 0.6) is 0 Å². The van der Waals surface area contributed by atoms with Crippen molar-refractivity contribution in [2.45, 2.75) is 19.4 Å². The van der Waals surface area contributed by atoms with E-state index in [2.05, 4.69) is 4.98 Å². The average Bonchev–Trinajstić information content (AvgIpc) is 2.85. The first-order chi connectivity index (χ1) is 9.63. The number of carbonyl (C=O) groups excluding carboxylic acids is 2. The smallest absolute Gasteiger partial charge is 0.307 e. The zero-order valence-electron chi connectivity index (χ0n) is 11.7. The number of hydrogen-bond donors (Lipinski definition) is 0. The molecule has 0 saturated carbocycles. The van der Waals surface area contributed by atoms with Gasteiger partial charge in [0.15, 0.2) is 0 Å². The van der Waals surface area contributed by atoms with Crippen LogP contribution in [0.15, 0.2) is 12.5 Å². The molecule has 1 aromatic heterocycles. The second kappa shape index (κ2) is 6.51. The molecule has 1 aliphatic rings. The van der Waals surface area contributed by atoms with Gasteiger partial charge in [-0.25, -0.2) is 4.98 Å². The third kappa shape index (κ3) is 3.16. The van der Waals surface area contributed by atoms with Crippen LogP contribution < -0.4 is 0 Å². The molecular formula is C13H19N3O4. The van der Waals surface area contributed by atoms with Gasteiger partial charge in [0.2, 0.25) is 0 Å². The Bertz CT molecular complexity index is 486. The van der Waals surface area contributed by atoms with E-state index >= 15 is 0 Å². The van der Waals surface area contributed by atoms with Crippen molar-refractivity contribution in [3.05, 3.63) is 18.2 Å². The molecule has 0 radical (unpaired) electrons. The van der Waals surface area contributed by atoms with Gasteiger partial charge in [0.25, 0.3) is 5.91 Å². The summed E-state index contributed by atoms with van der Waals surface area (Å²) < 4.78 is 12.0. The van der Waals surface area contributed by atoms with Crippen LogP contribution in [-0.2, 0) is 21.3 Å². The van der Waals surface area contributed by atoms with Crippen LogP contribution in [0, 0.1) is 0 Å². The summed E-state index contributed by atoms with van der Waals surface area (Å²) in [6.07, 6.45) is 3.25. The van der Waals surface area contributed by atoms with Gasteiger partial charge in [-0.15, -0.1) is 0 Å². The molecule has 0 spiro atoms. The molecule has 1 atom stereocenters. The van der Waals surface area contributed by atoms with Gasteiger partial charge in [0.1, 0.15) is 5.69 Å². The van der Waals surface area contributed by atoms with Gasteiger partial charge < -0.3 is 18.9 Å². The first kappa shape index (κ1) is 14.5. The van der Waals surface area contributed by atoms with Gasteiger partial charge in [0.05, 0.1) is 44.8 Å². The van der Waals surface area contributed by atoms with Gasteiger partial charge in [-0.05, 0) is 6.92 Å². The highest BCUT2D eigenvalue weighted by atomic mass is 16.5. The fourth-order valence-corrected chi connectivity index (χ4v) is 2.21. The lowest BCUT2D eigenvalue weighted by Crippen LogP contribution is -2.50. The molecule has 7 nitrogen and oxygen atoms in total. The predicted octanol–water partition coefficient (Wildman–Crippen LogP) is 0.214. The summed E-state index contributed by atoms with van der Waals surface area (Å²) in [5.74, 6) is -0.451. The fourth-order valence-electron chi connectivity index (χ4n) is 2.21. The fraction of sp³-hybridized carbons (Fsp3) is 0.615. The molecule has 0 aromatic carbocycles. The van der Waals surface area contributed by atoms with Crippen molar-refractivity contribution in [2.24, 2.45) is 7.05 Å². The summed E-state index contributed by atoms with van der Waals surface area (Å²) in [5, 5.41) is 0. The standard InChI is InChI=1S/C13H19N3O4/c1-3-20-12(17)6-10-8-19-5-4-16(10)13(18)11-7-14-9-15(11)2/h7,9-10H,3-6,8H2,1-2H3/t10-/m1/s1. The molecule has 0 bridgehead atoms. The number of hydrogen-bond acceptors (Lipinski definition) is 5. The highest BCUT2D eigenvalue weighted by Crippen LogP contribution is 2.15. The van der Waals surface area contributed by atoms with Crippen LogP contribution in [0.3, 0.4) is 0 Å². The largest absolute Gasteiger partial charge is 0.466 e. The molecule has 1 aromatic rings. The Labute approximate surface area is 117 Å². The lowest BCUT2D eigenvalue weighted by molar-refractivity contribution is -0.145. The molecule has 0 aliphatic carbocycles. The van der Waals surface area contributed by atoms with Crippen molar-refractivity contribution in [3.8, 4) is 0 Å².